The van der Waals surface area contributed by atoms with Gasteiger partial charge in [-0.1, -0.05) is 29.3 Å². The quantitative estimate of drug-likeness (QED) is 0.470. The Morgan fingerprint density at radius 3 is 2.62 bits per heavy atom. The Balaban J connectivity index is 2.07. The van der Waals surface area contributed by atoms with Crippen molar-refractivity contribution in [1.82, 2.24) is 0 Å². The fourth-order valence-corrected chi connectivity index (χ4v) is 2.14. The van der Waals surface area contributed by atoms with E-state index in [2.05, 4.69) is 0 Å². The number of halogens is 2. The Morgan fingerprint density at radius 2 is 1.95 bits per heavy atom. The number of hydrogen-bond acceptors (Lipinski definition) is 4. The maximum atomic E-state index is 12.0. The summed E-state index contributed by atoms with van der Waals surface area (Å²) in [4.78, 5) is 22.1. The van der Waals surface area contributed by atoms with E-state index in [1.165, 1.54) is 36.4 Å². The number of rotatable bonds is 5. The summed E-state index contributed by atoms with van der Waals surface area (Å²) in [5, 5.41) is 11.3. The Morgan fingerprint density at radius 1 is 1.19 bits per heavy atom. The van der Waals surface area contributed by atoms with Gasteiger partial charge in [0.15, 0.2) is 6.61 Å². The molecule has 0 heterocycles. The second-order valence-corrected chi connectivity index (χ2v) is 4.93. The zero-order valence-electron chi connectivity index (χ0n) is 10.6. The molecule has 2 aromatic carbocycles. The van der Waals surface area contributed by atoms with Crippen molar-refractivity contribution in [3.05, 3.63) is 68.2 Å². The van der Waals surface area contributed by atoms with Crippen molar-refractivity contribution >= 4 is 34.7 Å². The first-order valence-electron chi connectivity index (χ1n) is 5.83. The number of nitro groups is 1. The maximum absolute atomic E-state index is 12.0. The van der Waals surface area contributed by atoms with Gasteiger partial charge in [-0.3, -0.25) is 14.9 Å². The summed E-state index contributed by atoms with van der Waals surface area (Å²) in [6.45, 7) is -0.275. The van der Waals surface area contributed by atoms with E-state index in [4.69, 9.17) is 27.9 Å². The van der Waals surface area contributed by atoms with Gasteiger partial charge in [-0.15, -0.1) is 0 Å². The van der Waals surface area contributed by atoms with Crippen molar-refractivity contribution in [2.45, 2.75) is 0 Å². The molecule has 0 atom stereocenters. The number of carbonyl (C=O) groups excluding carboxylic acids is 1. The van der Waals surface area contributed by atoms with Crippen LogP contribution in [0.1, 0.15) is 10.4 Å². The van der Waals surface area contributed by atoms with Crippen LogP contribution in [-0.2, 0) is 0 Å². The van der Waals surface area contributed by atoms with Gasteiger partial charge in [-0.05, 0) is 24.3 Å². The molecule has 0 bridgehead atoms. The maximum Gasteiger partial charge on any atom is 0.273 e. The van der Waals surface area contributed by atoms with Crippen molar-refractivity contribution in [1.29, 1.82) is 0 Å². The van der Waals surface area contributed by atoms with E-state index in [9.17, 15) is 14.9 Å². The molecule has 0 aliphatic heterocycles. The van der Waals surface area contributed by atoms with Crippen LogP contribution in [0.15, 0.2) is 42.5 Å². The Labute approximate surface area is 130 Å². The average Bonchev–Trinajstić information content (AvgIpc) is 2.45. The van der Waals surface area contributed by atoms with E-state index in [0.717, 1.165) is 0 Å². The predicted octanol–water partition coefficient (Wildman–Crippen LogP) is 4.16. The molecule has 0 saturated carbocycles. The Hall–Kier alpha value is -2.11. The summed E-state index contributed by atoms with van der Waals surface area (Å²) >= 11 is 11.7. The van der Waals surface area contributed by atoms with Crippen LogP contribution in [0.5, 0.6) is 5.75 Å². The topological polar surface area (TPSA) is 69.4 Å². The minimum atomic E-state index is -0.537. The van der Waals surface area contributed by atoms with Crippen molar-refractivity contribution in [2.24, 2.45) is 0 Å². The molecule has 0 radical (unpaired) electrons. The van der Waals surface area contributed by atoms with Crippen LogP contribution in [0.25, 0.3) is 0 Å². The standard InChI is InChI=1S/C14H9Cl2NO4/c15-9-4-5-12(13(16)6-9)14(18)8-21-11-3-1-2-10(7-11)17(19)20/h1-7H,8H2. The molecular weight excluding hydrogens is 317 g/mol. The highest BCUT2D eigenvalue weighted by molar-refractivity contribution is 6.36. The van der Waals surface area contributed by atoms with Crippen LogP contribution in [0, 0.1) is 10.1 Å². The molecule has 108 valence electrons. The van der Waals surface area contributed by atoms with Gasteiger partial charge in [0.1, 0.15) is 5.75 Å². The van der Waals surface area contributed by atoms with Crippen molar-refractivity contribution in [3.63, 3.8) is 0 Å². The van der Waals surface area contributed by atoms with Crippen LogP contribution in [0.4, 0.5) is 5.69 Å². The molecule has 0 amide bonds. The lowest BCUT2D eigenvalue weighted by Gasteiger charge is -2.07. The summed E-state index contributed by atoms with van der Waals surface area (Å²) < 4.78 is 5.25. The Bertz CT molecular complexity index is 703. The van der Waals surface area contributed by atoms with Gasteiger partial charge in [-0.25, -0.2) is 0 Å². The van der Waals surface area contributed by atoms with Gasteiger partial charge in [0, 0.05) is 16.7 Å². The molecule has 0 fully saturated rings. The van der Waals surface area contributed by atoms with E-state index >= 15 is 0 Å². The minimum absolute atomic E-state index is 0.107. The van der Waals surface area contributed by atoms with Gasteiger partial charge >= 0.3 is 0 Å². The highest BCUT2D eigenvalue weighted by atomic mass is 35.5. The molecule has 0 spiro atoms. The van der Waals surface area contributed by atoms with Crippen LogP contribution in [-0.4, -0.2) is 17.3 Å². The summed E-state index contributed by atoms with van der Waals surface area (Å²) in [7, 11) is 0. The van der Waals surface area contributed by atoms with Crippen LogP contribution >= 0.6 is 23.2 Å². The normalized spacial score (nSPS) is 10.2. The highest BCUT2D eigenvalue weighted by Crippen LogP contribution is 2.23. The van der Waals surface area contributed by atoms with Gasteiger partial charge in [0.25, 0.3) is 5.69 Å². The number of nitro benzene ring substituents is 1. The molecule has 0 saturated heterocycles. The molecule has 2 rings (SSSR count). The first-order valence-corrected chi connectivity index (χ1v) is 6.58. The number of benzene rings is 2. The van der Waals surface area contributed by atoms with Crippen molar-refractivity contribution in [3.8, 4) is 5.75 Å². The third-order valence-corrected chi connectivity index (χ3v) is 3.18. The van der Waals surface area contributed by atoms with Gasteiger partial charge in [0.2, 0.25) is 5.78 Å². The van der Waals surface area contributed by atoms with Crippen LogP contribution in [0.2, 0.25) is 10.0 Å². The van der Waals surface area contributed by atoms with Crippen molar-refractivity contribution in [2.75, 3.05) is 6.61 Å². The molecule has 0 N–H and O–H groups in total. The molecule has 5 nitrogen and oxygen atoms in total. The number of non-ortho nitro benzene ring substituents is 1. The van der Waals surface area contributed by atoms with Crippen LogP contribution < -0.4 is 4.74 Å². The Kier molecular flexibility index (Phi) is 4.77. The molecule has 0 unspecified atom stereocenters. The van der Waals surface area contributed by atoms with Crippen LogP contribution in [0.3, 0.4) is 0 Å². The fraction of sp³-hybridized carbons (Fsp3) is 0.0714. The second-order valence-electron chi connectivity index (χ2n) is 4.09. The van der Waals surface area contributed by atoms with E-state index in [1.54, 1.807) is 6.07 Å². The molecule has 0 aliphatic rings. The summed E-state index contributed by atoms with van der Waals surface area (Å²) in [5.41, 5.74) is 0.177. The SMILES string of the molecule is O=C(COc1cccc([N+](=O)[O-])c1)c1ccc(Cl)cc1Cl. The molecule has 7 heteroatoms. The minimum Gasteiger partial charge on any atom is -0.485 e. The number of hydrogen-bond donors (Lipinski definition) is 0. The van der Waals surface area contributed by atoms with E-state index < -0.39 is 4.92 Å². The first kappa shape index (κ1) is 15.3. The lowest BCUT2D eigenvalue weighted by Crippen LogP contribution is -2.12. The highest BCUT2D eigenvalue weighted by Gasteiger charge is 2.13. The smallest absolute Gasteiger partial charge is 0.273 e. The number of nitrogens with zero attached hydrogens (tertiary/aromatic N) is 1. The lowest BCUT2D eigenvalue weighted by atomic mass is 10.1. The second kappa shape index (κ2) is 6.56. The summed E-state index contributed by atoms with van der Waals surface area (Å²) in [6, 6.07) is 10.1. The zero-order chi connectivity index (χ0) is 15.4. The van der Waals surface area contributed by atoms with E-state index in [1.807, 2.05) is 0 Å². The zero-order valence-corrected chi connectivity index (χ0v) is 12.1. The molecule has 0 aliphatic carbocycles. The van der Waals surface area contributed by atoms with Gasteiger partial charge in [-0.2, -0.15) is 0 Å². The van der Waals surface area contributed by atoms with Gasteiger partial charge in [0.05, 0.1) is 16.0 Å². The average molecular weight is 326 g/mol. The van der Waals surface area contributed by atoms with Crippen molar-refractivity contribution < 1.29 is 14.5 Å². The molecular formula is C14H9Cl2NO4. The number of ketones is 1. The van der Waals surface area contributed by atoms with E-state index in [-0.39, 0.29) is 34.4 Å². The van der Waals surface area contributed by atoms with Gasteiger partial charge < -0.3 is 4.74 Å². The number of carbonyl (C=O) groups is 1. The third kappa shape index (κ3) is 3.93. The predicted molar refractivity (Wildman–Crippen MR) is 79.4 cm³/mol. The monoisotopic (exact) mass is 325 g/mol. The molecule has 2 aromatic rings. The summed E-state index contributed by atoms with van der Waals surface area (Å²) in [6.07, 6.45) is 0. The number of ether oxygens (including phenoxy) is 1. The number of Topliss-reactive ketones (excluding diaryl/α,β-unsaturated/α-hetero) is 1. The first-order chi connectivity index (χ1) is 9.97. The lowest BCUT2D eigenvalue weighted by molar-refractivity contribution is -0.384. The summed E-state index contributed by atoms with van der Waals surface area (Å²) in [5.74, 6) is -0.106. The molecule has 21 heavy (non-hydrogen) atoms. The van der Waals surface area contributed by atoms with E-state index in [0.29, 0.717) is 5.02 Å². The fourth-order valence-electron chi connectivity index (χ4n) is 1.63. The third-order valence-electron chi connectivity index (χ3n) is 2.63. The largest absolute Gasteiger partial charge is 0.485 e. The molecule has 0 aromatic heterocycles.